The summed E-state index contributed by atoms with van der Waals surface area (Å²) in [6.07, 6.45) is 12.7. The fraction of sp³-hybridized carbons (Fsp3) is 0.514. The monoisotopic (exact) mass is 504 g/mol. The molecule has 0 N–H and O–H groups in total. The first-order valence-corrected chi connectivity index (χ1v) is 15.2. The third kappa shape index (κ3) is 3.17. The molecule has 5 aliphatic carbocycles. The van der Waals surface area contributed by atoms with Gasteiger partial charge in [0, 0.05) is 35.1 Å². The second-order valence-corrected chi connectivity index (χ2v) is 13.5. The van der Waals surface area contributed by atoms with E-state index in [-0.39, 0.29) is 12.1 Å². The molecular formula is C35H40N2O. The molecule has 4 fully saturated rings. The van der Waals surface area contributed by atoms with Crippen molar-refractivity contribution in [1.29, 1.82) is 0 Å². The Hall–Kier alpha value is -2.81. The quantitative estimate of drug-likeness (QED) is 0.351. The van der Waals surface area contributed by atoms with Gasteiger partial charge in [-0.15, -0.1) is 0 Å². The summed E-state index contributed by atoms with van der Waals surface area (Å²) in [7, 11) is 2.22. The number of hydrogen-bond acceptors (Lipinski definition) is 1. The van der Waals surface area contributed by atoms with Crippen molar-refractivity contribution in [2.24, 2.45) is 30.2 Å². The van der Waals surface area contributed by atoms with Crippen LogP contribution < -0.4 is 0 Å². The highest BCUT2D eigenvalue weighted by atomic mass is 16.2. The predicted octanol–water partition coefficient (Wildman–Crippen LogP) is 8.20. The molecule has 6 aliphatic rings. The summed E-state index contributed by atoms with van der Waals surface area (Å²) in [6, 6.07) is 20.1. The van der Waals surface area contributed by atoms with Crippen LogP contribution in [0.5, 0.6) is 0 Å². The Labute approximate surface area is 226 Å². The second kappa shape index (κ2) is 8.34. The Morgan fingerprint density at radius 3 is 2.18 bits per heavy atom. The van der Waals surface area contributed by atoms with Crippen LogP contribution in [0.1, 0.15) is 82.7 Å². The molecule has 0 saturated heterocycles. The highest BCUT2D eigenvalue weighted by Gasteiger charge is 2.57. The number of benzene rings is 2. The van der Waals surface area contributed by atoms with Crippen LogP contribution >= 0.6 is 0 Å². The van der Waals surface area contributed by atoms with Crippen LogP contribution in [0.3, 0.4) is 0 Å². The van der Waals surface area contributed by atoms with Gasteiger partial charge in [-0.1, -0.05) is 48.5 Å². The first-order chi connectivity index (χ1) is 18.5. The van der Waals surface area contributed by atoms with E-state index < -0.39 is 0 Å². The van der Waals surface area contributed by atoms with Gasteiger partial charge in [0.25, 0.3) is 5.91 Å². The minimum absolute atomic E-state index is 0.0575. The van der Waals surface area contributed by atoms with Crippen molar-refractivity contribution in [3.05, 3.63) is 71.3 Å². The van der Waals surface area contributed by atoms with Crippen LogP contribution in [-0.4, -0.2) is 21.4 Å². The van der Waals surface area contributed by atoms with Crippen LogP contribution in [-0.2, 0) is 11.8 Å². The zero-order valence-corrected chi connectivity index (χ0v) is 23.0. The highest BCUT2D eigenvalue weighted by molar-refractivity contribution is 6.01. The molecule has 196 valence electrons. The van der Waals surface area contributed by atoms with E-state index in [2.05, 4.69) is 78.0 Å². The molecule has 9 rings (SSSR count). The van der Waals surface area contributed by atoms with E-state index in [1.54, 1.807) is 0 Å². The number of hydrogen-bond donors (Lipinski definition) is 0. The number of aryl methyl sites for hydroxylation is 1. The third-order valence-electron chi connectivity index (χ3n) is 11.5. The van der Waals surface area contributed by atoms with Gasteiger partial charge in [-0.05, 0) is 112 Å². The molecule has 1 aromatic heterocycles. The van der Waals surface area contributed by atoms with Crippen molar-refractivity contribution in [2.75, 3.05) is 0 Å². The van der Waals surface area contributed by atoms with Gasteiger partial charge in [0.2, 0.25) is 0 Å². The molecule has 2 aromatic carbocycles. The number of para-hydroxylation sites is 1. The standard InChI is InChI=1S/C35H40N2O/c1-22(35-19-23-16-24(20-35)18-25(17-23)21-35)37-33(27-12-6-7-13-28(27)34(37)38)31-29-14-8-9-15-30(29)36(2)32(31)26-10-4-3-5-11-26/h3-5,8-11,14-15,22-25,33H,6-7,12-13,16-21H2,1-2H3. The molecule has 2 heterocycles. The van der Waals surface area contributed by atoms with Gasteiger partial charge < -0.3 is 9.47 Å². The number of carbonyl (C=O) groups excluding carboxylic acids is 1. The van der Waals surface area contributed by atoms with E-state index in [1.807, 2.05) is 0 Å². The lowest BCUT2D eigenvalue weighted by Gasteiger charge is -2.60. The lowest BCUT2D eigenvalue weighted by molar-refractivity contribution is -0.142. The summed E-state index contributed by atoms with van der Waals surface area (Å²) in [6.45, 7) is 2.45. The number of aromatic nitrogens is 1. The molecule has 0 radical (unpaired) electrons. The van der Waals surface area contributed by atoms with Gasteiger partial charge in [0.15, 0.2) is 0 Å². The van der Waals surface area contributed by atoms with Crippen molar-refractivity contribution in [3.8, 4) is 11.3 Å². The average molecular weight is 505 g/mol. The Morgan fingerprint density at radius 2 is 1.47 bits per heavy atom. The minimum Gasteiger partial charge on any atom is -0.343 e. The smallest absolute Gasteiger partial charge is 0.250 e. The Morgan fingerprint density at radius 1 is 0.842 bits per heavy atom. The molecule has 1 amide bonds. The van der Waals surface area contributed by atoms with E-state index in [0.717, 1.165) is 42.6 Å². The van der Waals surface area contributed by atoms with E-state index in [4.69, 9.17) is 0 Å². The summed E-state index contributed by atoms with van der Waals surface area (Å²) in [5, 5.41) is 1.31. The van der Waals surface area contributed by atoms with Crippen molar-refractivity contribution in [3.63, 3.8) is 0 Å². The van der Waals surface area contributed by atoms with Gasteiger partial charge >= 0.3 is 0 Å². The van der Waals surface area contributed by atoms with Crippen molar-refractivity contribution in [2.45, 2.75) is 83.2 Å². The van der Waals surface area contributed by atoms with E-state index in [0.29, 0.717) is 11.3 Å². The Kier molecular flexibility index (Phi) is 5.07. The largest absolute Gasteiger partial charge is 0.343 e. The summed E-state index contributed by atoms with van der Waals surface area (Å²) < 4.78 is 2.39. The predicted molar refractivity (Wildman–Crippen MR) is 154 cm³/mol. The zero-order valence-electron chi connectivity index (χ0n) is 23.0. The number of amides is 1. The molecule has 1 aliphatic heterocycles. The third-order valence-corrected chi connectivity index (χ3v) is 11.5. The van der Waals surface area contributed by atoms with Gasteiger partial charge in [-0.25, -0.2) is 0 Å². The summed E-state index contributed by atoms with van der Waals surface area (Å²) >= 11 is 0. The lowest BCUT2D eigenvalue weighted by Crippen LogP contribution is -2.56. The minimum atomic E-state index is 0.0575. The second-order valence-electron chi connectivity index (χ2n) is 13.5. The SMILES string of the molecule is CC(N1C(=O)C2=C(CCCC2)C1c1c(-c2ccccc2)n(C)c2ccccc12)C12CC3CC(CC(C3)C1)C2. The van der Waals surface area contributed by atoms with Crippen molar-refractivity contribution >= 4 is 16.8 Å². The highest BCUT2D eigenvalue weighted by Crippen LogP contribution is 2.63. The van der Waals surface area contributed by atoms with E-state index in [1.165, 1.54) is 78.2 Å². The zero-order chi connectivity index (χ0) is 25.6. The van der Waals surface area contributed by atoms with Gasteiger partial charge in [0.05, 0.1) is 11.7 Å². The van der Waals surface area contributed by atoms with E-state index >= 15 is 0 Å². The first-order valence-electron chi connectivity index (χ1n) is 15.2. The maximum absolute atomic E-state index is 14.5. The molecule has 3 nitrogen and oxygen atoms in total. The molecule has 0 spiro atoms. The van der Waals surface area contributed by atoms with Gasteiger partial charge in [-0.3, -0.25) is 4.79 Å². The molecule has 2 unspecified atom stereocenters. The first kappa shape index (κ1) is 23.1. The van der Waals surface area contributed by atoms with Crippen molar-refractivity contribution < 1.29 is 4.79 Å². The fourth-order valence-corrected chi connectivity index (χ4v) is 10.3. The maximum atomic E-state index is 14.5. The average Bonchev–Trinajstić information content (AvgIpc) is 3.38. The lowest BCUT2D eigenvalue weighted by atomic mass is 9.47. The van der Waals surface area contributed by atoms with E-state index in [9.17, 15) is 4.79 Å². The number of nitrogens with zero attached hydrogens (tertiary/aromatic N) is 2. The summed E-state index contributed by atoms with van der Waals surface area (Å²) in [5.74, 6) is 3.03. The molecule has 4 bridgehead atoms. The van der Waals surface area contributed by atoms with Crippen LogP contribution in [0.15, 0.2) is 65.7 Å². The molecule has 3 heteroatoms. The summed E-state index contributed by atoms with van der Waals surface area (Å²) in [5.41, 5.74) is 8.06. The molecular weight excluding hydrogens is 464 g/mol. The number of rotatable bonds is 4. The van der Waals surface area contributed by atoms with Crippen LogP contribution in [0.2, 0.25) is 0 Å². The van der Waals surface area contributed by atoms with Crippen LogP contribution in [0, 0.1) is 23.2 Å². The molecule has 2 atom stereocenters. The molecule has 3 aromatic rings. The van der Waals surface area contributed by atoms with Crippen LogP contribution in [0.4, 0.5) is 0 Å². The van der Waals surface area contributed by atoms with Crippen LogP contribution in [0.25, 0.3) is 22.2 Å². The molecule has 4 saturated carbocycles. The van der Waals surface area contributed by atoms with Gasteiger partial charge in [-0.2, -0.15) is 0 Å². The molecule has 38 heavy (non-hydrogen) atoms. The number of fused-ring (bicyclic) bond motifs is 1. The topological polar surface area (TPSA) is 25.2 Å². The number of carbonyl (C=O) groups is 1. The normalized spacial score (nSPS) is 32.9. The summed E-state index contributed by atoms with van der Waals surface area (Å²) in [4.78, 5) is 17.0. The van der Waals surface area contributed by atoms with Crippen molar-refractivity contribution in [1.82, 2.24) is 9.47 Å². The fourth-order valence-electron chi connectivity index (χ4n) is 10.3. The Balaban J connectivity index is 1.34. The Bertz CT molecular complexity index is 1420. The maximum Gasteiger partial charge on any atom is 0.250 e. The van der Waals surface area contributed by atoms with Gasteiger partial charge in [0.1, 0.15) is 0 Å².